The normalized spacial score (nSPS) is 30.7. The first-order valence-electron chi connectivity index (χ1n) is 3.33. The molecule has 0 saturated carbocycles. The minimum atomic E-state index is -3.92. The van der Waals surface area contributed by atoms with Crippen molar-refractivity contribution in [2.45, 2.75) is 12.2 Å². The van der Waals surface area contributed by atoms with Crippen LogP contribution in [0.15, 0.2) is 24.3 Å². The molecule has 0 amide bonds. The van der Waals surface area contributed by atoms with Gasteiger partial charge < -0.3 is 0 Å². The van der Waals surface area contributed by atoms with Gasteiger partial charge in [-0.05, 0) is 5.92 Å². The lowest BCUT2D eigenvalue weighted by molar-refractivity contribution is 0.480. The second kappa shape index (κ2) is 2.79. The lowest BCUT2D eigenvalue weighted by Crippen LogP contribution is -2.17. The summed E-state index contributed by atoms with van der Waals surface area (Å²) in [5, 5.41) is -0.848. The summed E-state index contributed by atoms with van der Waals surface area (Å²) >= 11 is 0. The van der Waals surface area contributed by atoms with E-state index in [-0.39, 0.29) is 5.92 Å². The Balaban J connectivity index is 2.82. The van der Waals surface area contributed by atoms with Crippen LogP contribution >= 0.6 is 0 Å². The van der Waals surface area contributed by atoms with Gasteiger partial charge in [0.1, 0.15) is 5.25 Å². The van der Waals surface area contributed by atoms with Crippen molar-refractivity contribution in [3.8, 4) is 0 Å². The third-order valence-electron chi connectivity index (χ3n) is 1.55. The number of hydrogen-bond acceptors (Lipinski definition) is 2. The van der Waals surface area contributed by atoms with Gasteiger partial charge >= 0.3 is 0 Å². The first kappa shape index (κ1) is 8.49. The first-order chi connectivity index (χ1) is 5.00. The average Bonchev–Trinajstić information content (AvgIpc) is 1.86. The Bertz CT molecular complexity index is 273. The fraction of sp³-hybridized carbons (Fsp3) is 0.429. The molecular formula is C7H10O3S. The summed E-state index contributed by atoms with van der Waals surface area (Å²) in [6, 6.07) is 0. The highest BCUT2D eigenvalue weighted by molar-refractivity contribution is 7.86. The lowest BCUT2D eigenvalue weighted by Gasteiger charge is -2.10. The van der Waals surface area contributed by atoms with Gasteiger partial charge in [0, 0.05) is 0 Å². The van der Waals surface area contributed by atoms with Gasteiger partial charge in [-0.15, -0.1) is 0 Å². The smallest absolute Gasteiger partial charge is 0.275 e. The van der Waals surface area contributed by atoms with Crippen LogP contribution in [0.1, 0.15) is 6.92 Å². The van der Waals surface area contributed by atoms with E-state index in [1.165, 1.54) is 12.2 Å². The van der Waals surface area contributed by atoms with Crippen molar-refractivity contribution < 1.29 is 13.0 Å². The molecule has 0 aromatic heterocycles. The molecule has 1 N–H and O–H groups in total. The SMILES string of the molecule is CC1C=CC(S(=O)(=O)O)C=C1. The molecule has 0 bridgehead atoms. The van der Waals surface area contributed by atoms with E-state index in [9.17, 15) is 8.42 Å². The molecule has 3 nitrogen and oxygen atoms in total. The summed E-state index contributed by atoms with van der Waals surface area (Å²) in [5.41, 5.74) is 0. The quantitative estimate of drug-likeness (QED) is 0.476. The summed E-state index contributed by atoms with van der Waals surface area (Å²) in [7, 11) is -3.92. The molecule has 0 heterocycles. The van der Waals surface area contributed by atoms with Gasteiger partial charge in [0.2, 0.25) is 0 Å². The minimum Gasteiger partial charge on any atom is -0.285 e. The molecule has 0 aromatic rings. The molecule has 1 rings (SSSR count). The molecule has 0 aromatic carbocycles. The molecule has 0 saturated heterocycles. The third kappa shape index (κ3) is 2.17. The van der Waals surface area contributed by atoms with Gasteiger partial charge in [-0.3, -0.25) is 4.55 Å². The molecular weight excluding hydrogens is 164 g/mol. The Morgan fingerprint density at radius 3 is 2.00 bits per heavy atom. The van der Waals surface area contributed by atoms with Crippen LogP contribution in [0, 0.1) is 5.92 Å². The molecule has 0 radical (unpaired) electrons. The summed E-state index contributed by atoms with van der Waals surface area (Å²) in [4.78, 5) is 0. The average molecular weight is 174 g/mol. The van der Waals surface area contributed by atoms with Crippen LogP contribution in [0.4, 0.5) is 0 Å². The van der Waals surface area contributed by atoms with E-state index in [1.807, 2.05) is 6.92 Å². The molecule has 4 heteroatoms. The lowest BCUT2D eigenvalue weighted by atomic mass is 10.1. The Kier molecular flexibility index (Phi) is 2.15. The Morgan fingerprint density at radius 2 is 1.64 bits per heavy atom. The zero-order valence-corrected chi connectivity index (χ0v) is 6.95. The van der Waals surface area contributed by atoms with Crippen molar-refractivity contribution in [3.63, 3.8) is 0 Å². The number of hydrogen-bond donors (Lipinski definition) is 1. The fourth-order valence-corrected chi connectivity index (χ4v) is 1.48. The zero-order chi connectivity index (χ0) is 8.48. The maximum atomic E-state index is 10.5. The van der Waals surface area contributed by atoms with Crippen molar-refractivity contribution in [2.75, 3.05) is 0 Å². The fourth-order valence-electron chi connectivity index (χ4n) is 0.896. The monoisotopic (exact) mass is 174 g/mol. The Hall–Kier alpha value is -0.610. The van der Waals surface area contributed by atoms with Crippen LogP contribution < -0.4 is 0 Å². The van der Waals surface area contributed by atoms with Gasteiger partial charge in [0.25, 0.3) is 10.1 Å². The standard InChI is InChI=1S/C7H10O3S/c1-6-2-4-7(5-3-6)11(8,9)10/h2-7H,1H3,(H,8,9,10). The molecule has 1 aliphatic carbocycles. The summed E-state index contributed by atoms with van der Waals surface area (Å²) < 4.78 is 29.7. The number of rotatable bonds is 1. The van der Waals surface area contributed by atoms with Crippen molar-refractivity contribution in [2.24, 2.45) is 5.92 Å². The maximum Gasteiger partial charge on any atom is 0.275 e. The van der Waals surface area contributed by atoms with E-state index in [0.29, 0.717) is 0 Å². The molecule has 0 spiro atoms. The van der Waals surface area contributed by atoms with Gasteiger partial charge in [-0.1, -0.05) is 31.2 Å². The second-order valence-corrected chi connectivity index (χ2v) is 4.18. The molecule has 11 heavy (non-hydrogen) atoms. The molecule has 0 aliphatic heterocycles. The van der Waals surface area contributed by atoms with Crippen LogP contribution in [0.2, 0.25) is 0 Å². The third-order valence-corrected chi connectivity index (χ3v) is 2.55. The Morgan fingerprint density at radius 1 is 1.18 bits per heavy atom. The van der Waals surface area contributed by atoms with Crippen molar-refractivity contribution in [1.29, 1.82) is 0 Å². The molecule has 62 valence electrons. The van der Waals surface area contributed by atoms with Gasteiger partial charge in [0.05, 0.1) is 0 Å². The van der Waals surface area contributed by atoms with E-state index in [0.717, 1.165) is 0 Å². The van der Waals surface area contributed by atoms with Crippen molar-refractivity contribution >= 4 is 10.1 Å². The molecule has 1 aliphatic rings. The van der Waals surface area contributed by atoms with Crippen molar-refractivity contribution in [3.05, 3.63) is 24.3 Å². The maximum absolute atomic E-state index is 10.5. The predicted octanol–water partition coefficient (Wildman–Crippen LogP) is 1.00. The van der Waals surface area contributed by atoms with Crippen LogP contribution in [0.3, 0.4) is 0 Å². The van der Waals surface area contributed by atoms with Crippen LogP contribution in [-0.4, -0.2) is 18.2 Å². The first-order valence-corrected chi connectivity index (χ1v) is 4.83. The highest BCUT2D eigenvalue weighted by Gasteiger charge is 2.18. The summed E-state index contributed by atoms with van der Waals surface area (Å²) in [5.74, 6) is 0.257. The highest BCUT2D eigenvalue weighted by atomic mass is 32.2. The zero-order valence-electron chi connectivity index (χ0n) is 6.14. The summed E-state index contributed by atoms with van der Waals surface area (Å²) in [6.07, 6.45) is 6.47. The van der Waals surface area contributed by atoms with Gasteiger partial charge in [0.15, 0.2) is 0 Å². The minimum absolute atomic E-state index is 0.257. The van der Waals surface area contributed by atoms with E-state index in [4.69, 9.17) is 4.55 Å². The van der Waals surface area contributed by atoms with Crippen LogP contribution in [0.25, 0.3) is 0 Å². The van der Waals surface area contributed by atoms with Gasteiger partial charge in [-0.2, -0.15) is 8.42 Å². The van der Waals surface area contributed by atoms with Crippen LogP contribution in [0.5, 0.6) is 0 Å². The highest BCUT2D eigenvalue weighted by Crippen LogP contribution is 2.13. The second-order valence-electron chi connectivity index (χ2n) is 2.61. The van der Waals surface area contributed by atoms with E-state index >= 15 is 0 Å². The van der Waals surface area contributed by atoms with E-state index in [1.54, 1.807) is 12.2 Å². The predicted molar refractivity (Wildman–Crippen MR) is 42.8 cm³/mol. The van der Waals surface area contributed by atoms with Crippen molar-refractivity contribution in [1.82, 2.24) is 0 Å². The number of allylic oxidation sites excluding steroid dienone is 2. The molecule has 0 fully saturated rings. The Labute approximate surface area is 66.2 Å². The van der Waals surface area contributed by atoms with Gasteiger partial charge in [-0.25, -0.2) is 0 Å². The topological polar surface area (TPSA) is 54.4 Å². The van der Waals surface area contributed by atoms with E-state index < -0.39 is 15.4 Å². The molecule has 0 unspecified atom stereocenters. The largest absolute Gasteiger partial charge is 0.285 e. The van der Waals surface area contributed by atoms with Crippen LogP contribution in [-0.2, 0) is 10.1 Å². The van der Waals surface area contributed by atoms with E-state index in [2.05, 4.69) is 0 Å². The summed E-state index contributed by atoms with van der Waals surface area (Å²) in [6.45, 7) is 1.94. The molecule has 0 atom stereocenters.